The minimum atomic E-state index is -4.48. The quantitative estimate of drug-likeness (QED) is 0.755. The third-order valence-electron chi connectivity index (χ3n) is 2.44. The molecule has 1 aromatic rings. The predicted octanol–water partition coefficient (Wildman–Crippen LogP) is 2.29. The van der Waals surface area contributed by atoms with Gasteiger partial charge >= 0.3 is 6.18 Å². The van der Waals surface area contributed by atoms with Gasteiger partial charge in [0.05, 0.1) is 0 Å². The van der Waals surface area contributed by atoms with Gasteiger partial charge in [-0.1, -0.05) is 0 Å². The molecule has 0 saturated carbocycles. The molecule has 5 nitrogen and oxygen atoms in total. The van der Waals surface area contributed by atoms with Gasteiger partial charge in [-0.15, -0.1) is 0 Å². The van der Waals surface area contributed by atoms with Crippen molar-refractivity contribution in [3.8, 4) is 0 Å². The van der Waals surface area contributed by atoms with E-state index in [1.165, 1.54) is 0 Å². The van der Waals surface area contributed by atoms with Crippen LogP contribution in [0.4, 0.5) is 24.9 Å². The number of halogens is 3. The summed E-state index contributed by atoms with van der Waals surface area (Å²) >= 11 is 0. The van der Waals surface area contributed by atoms with Crippen LogP contribution < -0.4 is 10.6 Å². The Balaban J connectivity index is 2.76. The number of aromatic nitrogens is 2. The lowest BCUT2D eigenvalue weighted by Crippen LogP contribution is -2.18. The van der Waals surface area contributed by atoms with Gasteiger partial charge in [-0.25, -0.2) is 4.98 Å². The third-order valence-corrected chi connectivity index (χ3v) is 2.44. The van der Waals surface area contributed by atoms with Gasteiger partial charge < -0.3 is 15.5 Å². The van der Waals surface area contributed by atoms with Gasteiger partial charge in [0.25, 0.3) is 0 Å². The SMILES string of the molecule is CCNc1cc(C(F)(F)F)nc(NCCCN(C)C)n1. The fraction of sp³-hybridized carbons (Fsp3) is 0.667. The molecular formula is C12H20F3N5. The topological polar surface area (TPSA) is 53.1 Å². The van der Waals surface area contributed by atoms with Gasteiger partial charge in [0.15, 0.2) is 5.69 Å². The standard InChI is InChI=1S/C12H20F3N5/c1-4-16-10-8-9(12(13,14)15)18-11(19-10)17-6-5-7-20(2)3/h8H,4-7H2,1-3H3,(H2,16,17,18,19). The maximum Gasteiger partial charge on any atom is 0.433 e. The molecule has 20 heavy (non-hydrogen) atoms. The highest BCUT2D eigenvalue weighted by atomic mass is 19.4. The molecule has 1 aromatic heterocycles. The largest absolute Gasteiger partial charge is 0.433 e. The molecule has 0 amide bonds. The Morgan fingerprint density at radius 2 is 1.90 bits per heavy atom. The van der Waals surface area contributed by atoms with Gasteiger partial charge in [-0.2, -0.15) is 18.2 Å². The Kier molecular flexibility index (Phi) is 6.00. The molecule has 0 saturated heterocycles. The molecule has 0 bridgehead atoms. The number of alkyl halides is 3. The second kappa shape index (κ2) is 7.28. The van der Waals surface area contributed by atoms with Crippen molar-refractivity contribution in [2.24, 2.45) is 0 Å². The summed E-state index contributed by atoms with van der Waals surface area (Å²) in [6, 6.07) is 0.911. The van der Waals surface area contributed by atoms with Crippen molar-refractivity contribution < 1.29 is 13.2 Å². The molecule has 0 spiro atoms. The Hall–Kier alpha value is -1.57. The fourth-order valence-corrected chi connectivity index (χ4v) is 1.54. The first-order chi connectivity index (χ1) is 9.32. The summed E-state index contributed by atoms with van der Waals surface area (Å²) in [6.45, 7) is 3.64. The van der Waals surface area contributed by atoms with E-state index in [0.29, 0.717) is 13.1 Å². The zero-order valence-corrected chi connectivity index (χ0v) is 11.9. The number of rotatable bonds is 7. The molecule has 8 heteroatoms. The van der Waals surface area contributed by atoms with Gasteiger partial charge in [-0.3, -0.25) is 0 Å². The van der Waals surface area contributed by atoms with Crippen LogP contribution >= 0.6 is 0 Å². The van der Waals surface area contributed by atoms with Crippen molar-refractivity contribution >= 4 is 11.8 Å². The third kappa shape index (κ3) is 5.60. The van der Waals surface area contributed by atoms with Crippen molar-refractivity contribution in [2.75, 3.05) is 44.4 Å². The summed E-state index contributed by atoms with van der Waals surface area (Å²) < 4.78 is 38.2. The number of nitrogens with zero attached hydrogens (tertiary/aromatic N) is 3. The molecule has 0 aliphatic rings. The van der Waals surface area contributed by atoms with E-state index in [-0.39, 0.29) is 11.8 Å². The summed E-state index contributed by atoms with van der Waals surface area (Å²) in [5.74, 6) is 0.166. The molecular weight excluding hydrogens is 271 g/mol. The van der Waals surface area contributed by atoms with Crippen LogP contribution in [0.3, 0.4) is 0 Å². The Labute approximate surface area is 116 Å². The van der Waals surface area contributed by atoms with Crippen molar-refractivity contribution in [3.05, 3.63) is 11.8 Å². The number of hydrogen-bond donors (Lipinski definition) is 2. The predicted molar refractivity (Wildman–Crippen MR) is 72.9 cm³/mol. The van der Waals surface area contributed by atoms with E-state index < -0.39 is 11.9 Å². The van der Waals surface area contributed by atoms with E-state index in [1.807, 2.05) is 19.0 Å². The molecule has 0 aliphatic heterocycles. The van der Waals surface area contributed by atoms with Crippen LogP contribution in [0.15, 0.2) is 6.07 Å². The van der Waals surface area contributed by atoms with E-state index in [9.17, 15) is 13.2 Å². The number of nitrogens with one attached hydrogen (secondary N) is 2. The smallest absolute Gasteiger partial charge is 0.370 e. The summed E-state index contributed by atoms with van der Waals surface area (Å²) in [5, 5.41) is 5.59. The summed E-state index contributed by atoms with van der Waals surface area (Å²) in [7, 11) is 3.87. The van der Waals surface area contributed by atoms with Crippen LogP contribution in [-0.2, 0) is 6.18 Å². The molecule has 0 fully saturated rings. The normalized spacial score (nSPS) is 11.8. The maximum atomic E-state index is 12.7. The molecule has 0 aromatic carbocycles. The van der Waals surface area contributed by atoms with Gasteiger partial charge in [0.2, 0.25) is 5.95 Å². The van der Waals surface area contributed by atoms with Gasteiger partial charge in [0, 0.05) is 19.2 Å². The molecule has 0 unspecified atom stereocenters. The van der Waals surface area contributed by atoms with E-state index in [1.54, 1.807) is 6.92 Å². The van der Waals surface area contributed by atoms with E-state index >= 15 is 0 Å². The second-order valence-corrected chi connectivity index (χ2v) is 4.57. The van der Waals surface area contributed by atoms with Gasteiger partial charge in [-0.05, 0) is 34.0 Å². The van der Waals surface area contributed by atoms with E-state index in [0.717, 1.165) is 19.0 Å². The Morgan fingerprint density at radius 1 is 1.20 bits per heavy atom. The van der Waals surface area contributed by atoms with Crippen LogP contribution in [0.25, 0.3) is 0 Å². The summed E-state index contributed by atoms with van der Waals surface area (Å²) in [4.78, 5) is 9.51. The van der Waals surface area contributed by atoms with Crippen molar-refractivity contribution in [1.29, 1.82) is 0 Å². The van der Waals surface area contributed by atoms with E-state index in [2.05, 4.69) is 20.6 Å². The highest BCUT2D eigenvalue weighted by Gasteiger charge is 2.33. The lowest BCUT2D eigenvalue weighted by molar-refractivity contribution is -0.141. The Morgan fingerprint density at radius 3 is 2.45 bits per heavy atom. The molecule has 0 atom stereocenters. The minimum absolute atomic E-state index is 0.00506. The average molecular weight is 291 g/mol. The lowest BCUT2D eigenvalue weighted by Gasteiger charge is -2.13. The summed E-state index contributed by atoms with van der Waals surface area (Å²) in [5.41, 5.74) is -0.946. The first-order valence-corrected chi connectivity index (χ1v) is 6.41. The number of anilines is 2. The summed E-state index contributed by atoms with van der Waals surface area (Å²) in [6.07, 6.45) is -3.68. The highest BCUT2D eigenvalue weighted by Crippen LogP contribution is 2.29. The minimum Gasteiger partial charge on any atom is -0.370 e. The first kappa shape index (κ1) is 16.5. The van der Waals surface area contributed by atoms with Crippen LogP contribution in [0.2, 0.25) is 0 Å². The second-order valence-electron chi connectivity index (χ2n) is 4.57. The fourth-order valence-electron chi connectivity index (χ4n) is 1.54. The molecule has 1 rings (SSSR count). The van der Waals surface area contributed by atoms with Crippen LogP contribution in [0.1, 0.15) is 19.0 Å². The van der Waals surface area contributed by atoms with Crippen LogP contribution in [-0.4, -0.2) is 48.6 Å². The van der Waals surface area contributed by atoms with Gasteiger partial charge in [0.1, 0.15) is 5.82 Å². The van der Waals surface area contributed by atoms with Crippen LogP contribution in [0.5, 0.6) is 0 Å². The molecule has 114 valence electrons. The zero-order valence-electron chi connectivity index (χ0n) is 11.9. The maximum absolute atomic E-state index is 12.7. The van der Waals surface area contributed by atoms with Crippen molar-refractivity contribution in [3.63, 3.8) is 0 Å². The van der Waals surface area contributed by atoms with Crippen molar-refractivity contribution in [2.45, 2.75) is 19.5 Å². The van der Waals surface area contributed by atoms with Crippen LogP contribution in [0, 0.1) is 0 Å². The monoisotopic (exact) mass is 291 g/mol. The van der Waals surface area contributed by atoms with Crippen molar-refractivity contribution in [1.82, 2.24) is 14.9 Å². The average Bonchev–Trinajstić information content (AvgIpc) is 2.33. The first-order valence-electron chi connectivity index (χ1n) is 6.41. The lowest BCUT2D eigenvalue weighted by atomic mass is 10.3. The Bertz CT molecular complexity index is 420. The zero-order chi connectivity index (χ0) is 15.2. The number of hydrogen-bond acceptors (Lipinski definition) is 5. The molecule has 2 N–H and O–H groups in total. The molecule has 1 heterocycles. The molecule has 0 aliphatic carbocycles. The molecule has 0 radical (unpaired) electrons. The highest BCUT2D eigenvalue weighted by molar-refractivity contribution is 5.43. The van der Waals surface area contributed by atoms with E-state index in [4.69, 9.17) is 0 Å².